The van der Waals surface area contributed by atoms with Gasteiger partial charge in [-0.2, -0.15) is 0 Å². The van der Waals surface area contributed by atoms with E-state index in [4.69, 9.17) is 16.3 Å². The molecule has 82 valence electrons. The molecular formula is C11H20ClNO. The molecule has 1 atom stereocenters. The molecule has 1 saturated heterocycles. The van der Waals surface area contributed by atoms with Crippen LogP contribution in [0.3, 0.4) is 0 Å². The molecule has 2 nitrogen and oxygen atoms in total. The topological polar surface area (TPSA) is 21.3 Å². The number of nitrogens with one attached hydrogen (secondary N) is 1. The number of hydrogen-bond donors (Lipinski definition) is 1. The predicted molar refractivity (Wildman–Crippen MR) is 58.8 cm³/mol. The van der Waals surface area contributed by atoms with Crippen molar-refractivity contribution in [1.82, 2.24) is 5.32 Å². The number of halogens is 1. The Balaban J connectivity index is 1.60. The summed E-state index contributed by atoms with van der Waals surface area (Å²) in [5.41, 5.74) is 0. The quantitative estimate of drug-likeness (QED) is 0.732. The molecule has 0 aromatic carbocycles. The highest BCUT2D eigenvalue weighted by Crippen LogP contribution is 2.27. The highest BCUT2D eigenvalue weighted by molar-refractivity contribution is 6.20. The zero-order valence-electron chi connectivity index (χ0n) is 8.68. The van der Waals surface area contributed by atoms with Gasteiger partial charge in [-0.05, 0) is 44.6 Å². The second kappa shape index (κ2) is 5.34. The second-order valence-corrected chi connectivity index (χ2v) is 5.20. The molecule has 0 radical (unpaired) electrons. The lowest BCUT2D eigenvalue weighted by atomic mass is 9.89. The van der Waals surface area contributed by atoms with Crippen molar-refractivity contribution in [1.29, 1.82) is 0 Å². The van der Waals surface area contributed by atoms with Gasteiger partial charge in [0.15, 0.2) is 0 Å². The van der Waals surface area contributed by atoms with Crippen molar-refractivity contribution in [3.8, 4) is 0 Å². The van der Waals surface area contributed by atoms with E-state index in [0.717, 1.165) is 25.7 Å². The fourth-order valence-electron chi connectivity index (χ4n) is 2.35. The summed E-state index contributed by atoms with van der Waals surface area (Å²) in [5, 5.41) is 4.04. The molecule has 0 aromatic rings. The van der Waals surface area contributed by atoms with Gasteiger partial charge in [0.1, 0.15) is 0 Å². The lowest BCUT2D eigenvalue weighted by Crippen LogP contribution is -2.35. The summed E-state index contributed by atoms with van der Waals surface area (Å²) < 4.78 is 5.33. The maximum atomic E-state index is 6.07. The van der Waals surface area contributed by atoms with Gasteiger partial charge in [-0.15, -0.1) is 11.6 Å². The van der Waals surface area contributed by atoms with E-state index in [1.54, 1.807) is 0 Å². The molecule has 2 rings (SSSR count). The summed E-state index contributed by atoms with van der Waals surface area (Å²) in [6.07, 6.45) is 6.19. The highest BCUT2D eigenvalue weighted by Gasteiger charge is 2.21. The summed E-state index contributed by atoms with van der Waals surface area (Å²) in [6, 6.07) is 0.615. The third-order valence-corrected chi connectivity index (χ3v) is 3.84. The van der Waals surface area contributed by atoms with Gasteiger partial charge in [-0.25, -0.2) is 0 Å². The van der Waals surface area contributed by atoms with Crippen LogP contribution in [-0.2, 0) is 4.74 Å². The van der Waals surface area contributed by atoms with Crippen LogP contribution in [0.5, 0.6) is 0 Å². The van der Waals surface area contributed by atoms with Crippen molar-refractivity contribution in [3.63, 3.8) is 0 Å². The van der Waals surface area contributed by atoms with Crippen molar-refractivity contribution in [2.45, 2.75) is 43.5 Å². The van der Waals surface area contributed by atoms with Crippen molar-refractivity contribution >= 4 is 11.6 Å². The average Bonchev–Trinajstić information content (AvgIpc) is 2.70. The minimum atomic E-state index is 0.445. The van der Waals surface area contributed by atoms with E-state index in [2.05, 4.69) is 5.32 Å². The molecule has 1 unspecified atom stereocenters. The summed E-state index contributed by atoms with van der Waals surface area (Å²) in [5.74, 6) is 0.852. The van der Waals surface area contributed by atoms with Gasteiger partial charge in [0.2, 0.25) is 0 Å². The summed E-state index contributed by atoms with van der Waals surface area (Å²) in [4.78, 5) is 0. The minimum absolute atomic E-state index is 0.445. The molecular weight excluding hydrogens is 198 g/mol. The summed E-state index contributed by atoms with van der Waals surface area (Å²) >= 11 is 6.07. The van der Waals surface area contributed by atoms with Crippen LogP contribution >= 0.6 is 11.6 Å². The van der Waals surface area contributed by atoms with E-state index in [0.29, 0.717) is 11.4 Å². The largest absolute Gasteiger partial charge is 0.380 e. The molecule has 3 heteroatoms. The number of ether oxygens (including phenoxy) is 1. The molecule has 1 aliphatic carbocycles. The van der Waals surface area contributed by atoms with E-state index in [9.17, 15) is 0 Å². The first kappa shape index (κ1) is 10.7. The van der Waals surface area contributed by atoms with Gasteiger partial charge in [-0.3, -0.25) is 0 Å². The van der Waals surface area contributed by atoms with Gasteiger partial charge < -0.3 is 10.1 Å². The van der Waals surface area contributed by atoms with E-state index in [-0.39, 0.29) is 0 Å². The normalized spacial score (nSPS) is 38.8. The molecule has 0 aromatic heterocycles. The Kier molecular flexibility index (Phi) is 4.09. The Bertz CT molecular complexity index is 163. The maximum absolute atomic E-state index is 6.07. The summed E-state index contributed by atoms with van der Waals surface area (Å²) in [7, 11) is 0. The number of alkyl halides is 1. The fourth-order valence-corrected chi connectivity index (χ4v) is 2.61. The van der Waals surface area contributed by atoms with Gasteiger partial charge in [0.05, 0.1) is 6.61 Å². The minimum Gasteiger partial charge on any atom is -0.380 e. The van der Waals surface area contributed by atoms with E-state index in [1.807, 2.05) is 0 Å². The third-order valence-electron chi connectivity index (χ3n) is 3.40. The molecule has 1 heterocycles. The van der Waals surface area contributed by atoms with Crippen LogP contribution in [-0.4, -0.2) is 31.2 Å². The predicted octanol–water partition coefficient (Wildman–Crippen LogP) is 2.16. The maximum Gasteiger partial charge on any atom is 0.0620 e. The lowest BCUT2D eigenvalue weighted by molar-refractivity contribution is 0.188. The molecule has 0 spiro atoms. The van der Waals surface area contributed by atoms with Crippen LogP contribution in [0.2, 0.25) is 0 Å². The molecule has 14 heavy (non-hydrogen) atoms. The first-order valence-electron chi connectivity index (χ1n) is 5.80. The molecule has 2 fully saturated rings. The smallest absolute Gasteiger partial charge is 0.0620 e. The Morgan fingerprint density at radius 2 is 1.93 bits per heavy atom. The average molecular weight is 218 g/mol. The molecule has 1 aliphatic heterocycles. The Hall–Kier alpha value is 0.210. The van der Waals surface area contributed by atoms with Crippen molar-refractivity contribution in [3.05, 3.63) is 0 Å². The standard InChI is InChI=1S/C11H20ClNO/c12-10-3-1-9(2-4-10)7-13-11-5-6-14-8-11/h9-11,13H,1-8H2. The Morgan fingerprint density at radius 1 is 1.14 bits per heavy atom. The van der Waals surface area contributed by atoms with Gasteiger partial charge >= 0.3 is 0 Å². The molecule has 1 saturated carbocycles. The highest BCUT2D eigenvalue weighted by atomic mass is 35.5. The second-order valence-electron chi connectivity index (χ2n) is 4.59. The van der Waals surface area contributed by atoms with E-state index in [1.165, 1.54) is 32.1 Å². The van der Waals surface area contributed by atoms with Crippen LogP contribution in [0.25, 0.3) is 0 Å². The summed E-state index contributed by atoms with van der Waals surface area (Å²) in [6.45, 7) is 3.01. The van der Waals surface area contributed by atoms with E-state index < -0.39 is 0 Å². The van der Waals surface area contributed by atoms with Crippen LogP contribution < -0.4 is 5.32 Å². The fraction of sp³-hybridized carbons (Fsp3) is 1.00. The first-order chi connectivity index (χ1) is 6.84. The molecule has 1 N–H and O–H groups in total. The number of hydrogen-bond acceptors (Lipinski definition) is 2. The van der Waals surface area contributed by atoms with Gasteiger partial charge in [0, 0.05) is 18.0 Å². The third kappa shape index (κ3) is 3.11. The van der Waals surface area contributed by atoms with Crippen molar-refractivity contribution in [2.75, 3.05) is 19.8 Å². The van der Waals surface area contributed by atoms with Crippen LogP contribution in [0.15, 0.2) is 0 Å². The van der Waals surface area contributed by atoms with E-state index >= 15 is 0 Å². The molecule has 0 amide bonds. The zero-order chi connectivity index (χ0) is 9.80. The molecule has 2 aliphatic rings. The monoisotopic (exact) mass is 217 g/mol. The van der Waals surface area contributed by atoms with Gasteiger partial charge in [0.25, 0.3) is 0 Å². The molecule has 0 bridgehead atoms. The SMILES string of the molecule is ClC1CCC(CNC2CCOC2)CC1. The van der Waals surface area contributed by atoms with Crippen molar-refractivity contribution < 1.29 is 4.74 Å². The zero-order valence-corrected chi connectivity index (χ0v) is 9.43. The van der Waals surface area contributed by atoms with Gasteiger partial charge in [-0.1, -0.05) is 0 Å². The Morgan fingerprint density at radius 3 is 2.57 bits per heavy atom. The Labute approximate surface area is 91.3 Å². The van der Waals surface area contributed by atoms with Crippen LogP contribution in [0.4, 0.5) is 0 Å². The van der Waals surface area contributed by atoms with Crippen LogP contribution in [0.1, 0.15) is 32.1 Å². The lowest BCUT2D eigenvalue weighted by Gasteiger charge is -2.26. The van der Waals surface area contributed by atoms with Crippen LogP contribution in [0, 0.1) is 5.92 Å². The van der Waals surface area contributed by atoms with Crippen molar-refractivity contribution in [2.24, 2.45) is 5.92 Å². The number of rotatable bonds is 3. The first-order valence-corrected chi connectivity index (χ1v) is 6.23.